The Morgan fingerprint density at radius 2 is 1.84 bits per heavy atom. The zero-order chi connectivity index (χ0) is 15.1. The van der Waals surface area contributed by atoms with Crippen LogP contribution < -0.4 is 11.2 Å². The molecule has 0 aromatic carbocycles. The number of rotatable bonds is 7. The molecular weight excluding hydrogens is 261 g/mol. The molecule has 19 heavy (non-hydrogen) atoms. The minimum Gasteiger partial charge on any atom is -0.330 e. The molecule has 0 spiro atoms. The number of amides is 1. The molecule has 0 aliphatic rings. The summed E-state index contributed by atoms with van der Waals surface area (Å²) in [6.45, 7) is 5.18. The van der Waals surface area contributed by atoms with Crippen molar-refractivity contribution in [1.82, 2.24) is 5.48 Å². The number of halogens is 3. The Morgan fingerprint density at radius 1 is 1.26 bits per heavy atom. The lowest BCUT2D eigenvalue weighted by Gasteiger charge is -2.30. The van der Waals surface area contributed by atoms with E-state index in [-0.39, 0.29) is 17.8 Å². The van der Waals surface area contributed by atoms with Gasteiger partial charge in [0.25, 0.3) is 0 Å². The molecule has 0 saturated carbocycles. The van der Waals surface area contributed by atoms with Gasteiger partial charge in [0.05, 0.1) is 0 Å². The third-order valence-electron chi connectivity index (χ3n) is 2.88. The van der Waals surface area contributed by atoms with E-state index in [0.29, 0.717) is 13.0 Å². The quantitative estimate of drug-likeness (QED) is 0.705. The molecule has 4 nitrogen and oxygen atoms in total. The van der Waals surface area contributed by atoms with Crippen LogP contribution in [-0.4, -0.2) is 25.2 Å². The van der Waals surface area contributed by atoms with Crippen molar-refractivity contribution >= 4 is 5.91 Å². The maximum Gasteiger partial charge on any atom is 0.414 e. The summed E-state index contributed by atoms with van der Waals surface area (Å²) in [4.78, 5) is 15.4. The van der Waals surface area contributed by atoms with Crippen molar-refractivity contribution in [3.8, 4) is 0 Å². The number of alkyl halides is 3. The molecule has 1 unspecified atom stereocenters. The molecule has 0 heterocycles. The van der Waals surface area contributed by atoms with Crippen LogP contribution in [0.3, 0.4) is 0 Å². The average Bonchev–Trinajstić information content (AvgIpc) is 2.20. The topological polar surface area (TPSA) is 64.4 Å². The summed E-state index contributed by atoms with van der Waals surface area (Å²) in [5, 5.41) is 0. The monoisotopic (exact) mass is 284 g/mol. The zero-order valence-corrected chi connectivity index (χ0v) is 11.6. The van der Waals surface area contributed by atoms with Gasteiger partial charge >= 0.3 is 6.18 Å². The Balaban J connectivity index is 3.99. The summed E-state index contributed by atoms with van der Waals surface area (Å²) < 4.78 is 35.4. The van der Waals surface area contributed by atoms with E-state index in [9.17, 15) is 18.0 Å². The molecule has 0 bridgehead atoms. The fraction of sp³-hybridized carbons (Fsp3) is 0.917. The molecule has 0 rings (SSSR count). The Kier molecular flexibility index (Phi) is 7.36. The highest BCUT2D eigenvalue weighted by molar-refractivity contribution is 5.74. The molecule has 1 atom stereocenters. The van der Waals surface area contributed by atoms with Gasteiger partial charge in [-0.3, -0.25) is 9.63 Å². The van der Waals surface area contributed by atoms with E-state index in [4.69, 9.17) is 5.73 Å². The van der Waals surface area contributed by atoms with Crippen LogP contribution in [0.1, 0.15) is 40.0 Å². The number of carbonyl (C=O) groups is 1. The van der Waals surface area contributed by atoms with Gasteiger partial charge in [-0.05, 0) is 30.7 Å². The predicted molar refractivity (Wildman–Crippen MR) is 66.0 cm³/mol. The van der Waals surface area contributed by atoms with Crippen molar-refractivity contribution in [2.24, 2.45) is 17.1 Å². The zero-order valence-electron chi connectivity index (χ0n) is 11.6. The first-order valence-corrected chi connectivity index (χ1v) is 6.23. The fourth-order valence-electron chi connectivity index (χ4n) is 1.77. The largest absolute Gasteiger partial charge is 0.414 e. The van der Waals surface area contributed by atoms with Gasteiger partial charge in [-0.25, -0.2) is 5.48 Å². The summed E-state index contributed by atoms with van der Waals surface area (Å²) >= 11 is 0. The van der Waals surface area contributed by atoms with Gasteiger partial charge in [0.1, 0.15) is 0 Å². The smallest absolute Gasteiger partial charge is 0.330 e. The van der Waals surface area contributed by atoms with Gasteiger partial charge < -0.3 is 5.73 Å². The van der Waals surface area contributed by atoms with Gasteiger partial charge in [0.15, 0.2) is 6.61 Å². The third kappa shape index (κ3) is 9.72. The lowest BCUT2D eigenvalue weighted by Crippen LogP contribution is -2.31. The molecule has 114 valence electrons. The van der Waals surface area contributed by atoms with Crippen molar-refractivity contribution in [2.75, 3.05) is 13.2 Å². The van der Waals surface area contributed by atoms with Crippen LogP contribution in [0, 0.1) is 11.3 Å². The Bertz CT molecular complexity index is 275. The van der Waals surface area contributed by atoms with E-state index in [0.717, 1.165) is 6.42 Å². The molecule has 3 N–H and O–H groups in total. The summed E-state index contributed by atoms with van der Waals surface area (Å²) in [5.41, 5.74) is 7.31. The van der Waals surface area contributed by atoms with Crippen molar-refractivity contribution in [1.29, 1.82) is 0 Å². The van der Waals surface area contributed by atoms with Gasteiger partial charge in [0, 0.05) is 6.42 Å². The second-order valence-corrected chi connectivity index (χ2v) is 5.61. The Hall–Kier alpha value is -0.820. The van der Waals surface area contributed by atoms with Gasteiger partial charge in [-0.2, -0.15) is 13.2 Å². The van der Waals surface area contributed by atoms with E-state index in [1.54, 1.807) is 5.48 Å². The fourth-order valence-corrected chi connectivity index (χ4v) is 1.77. The highest BCUT2D eigenvalue weighted by Gasteiger charge is 2.28. The molecule has 0 fully saturated rings. The van der Waals surface area contributed by atoms with Crippen LogP contribution in [0.15, 0.2) is 0 Å². The lowest BCUT2D eigenvalue weighted by molar-refractivity contribution is -0.191. The molecule has 0 aliphatic heterocycles. The van der Waals surface area contributed by atoms with Gasteiger partial charge in [0.2, 0.25) is 5.91 Å². The van der Waals surface area contributed by atoms with E-state index in [1.807, 2.05) is 20.8 Å². The first-order chi connectivity index (χ1) is 8.56. The maximum absolute atomic E-state index is 11.8. The Labute approximate surface area is 111 Å². The van der Waals surface area contributed by atoms with E-state index >= 15 is 0 Å². The van der Waals surface area contributed by atoms with Crippen LogP contribution in [0.2, 0.25) is 0 Å². The third-order valence-corrected chi connectivity index (χ3v) is 2.88. The maximum atomic E-state index is 11.8. The Morgan fingerprint density at radius 3 is 2.26 bits per heavy atom. The first-order valence-electron chi connectivity index (χ1n) is 6.23. The number of hydrogen-bond acceptors (Lipinski definition) is 3. The summed E-state index contributed by atoms with van der Waals surface area (Å²) in [7, 11) is 0. The van der Waals surface area contributed by atoms with Crippen molar-refractivity contribution in [3.63, 3.8) is 0 Å². The van der Waals surface area contributed by atoms with Crippen LogP contribution in [0.4, 0.5) is 13.2 Å². The van der Waals surface area contributed by atoms with Crippen molar-refractivity contribution in [3.05, 3.63) is 0 Å². The van der Waals surface area contributed by atoms with Crippen LogP contribution in [-0.2, 0) is 9.63 Å². The summed E-state index contributed by atoms with van der Waals surface area (Å²) in [6, 6.07) is 0. The molecular formula is C12H23F3N2O2. The number of nitrogens with two attached hydrogens (primary N) is 1. The second-order valence-electron chi connectivity index (χ2n) is 5.61. The number of hydroxylamine groups is 1. The number of carbonyl (C=O) groups excluding carboxylic acids is 1. The van der Waals surface area contributed by atoms with Crippen LogP contribution in [0.25, 0.3) is 0 Å². The normalized spacial score (nSPS) is 14.3. The summed E-state index contributed by atoms with van der Waals surface area (Å²) in [6.07, 6.45) is -2.97. The van der Waals surface area contributed by atoms with Crippen molar-refractivity contribution in [2.45, 2.75) is 46.2 Å². The summed E-state index contributed by atoms with van der Waals surface area (Å²) in [5.74, 6) is -0.304. The first kappa shape index (κ1) is 18.2. The van der Waals surface area contributed by atoms with E-state index in [1.165, 1.54) is 0 Å². The van der Waals surface area contributed by atoms with Gasteiger partial charge in [-0.15, -0.1) is 0 Å². The molecule has 0 saturated heterocycles. The molecule has 0 aromatic heterocycles. The second kappa shape index (κ2) is 7.69. The molecule has 1 amide bonds. The highest BCUT2D eigenvalue weighted by Crippen LogP contribution is 2.31. The average molecular weight is 284 g/mol. The van der Waals surface area contributed by atoms with Crippen LogP contribution >= 0.6 is 0 Å². The van der Waals surface area contributed by atoms with E-state index in [2.05, 4.69) is 4.84 Å². The van der Waals surface area contributed by atoms with Gasteiger partial charge in [-0.1, -0.05) is 20.8 Å². The lowest BCUT2D eigenvalue weighted by atomic mass is 9.76. The molecule has 0 aliphatic carbocycles. The SMILES string of the molecule is CC(C)(C)C(CCN)CCC(=O)NOCC(F)(F)F. The van der Waals surface area contributed by atoms with E-state index < -0.39 is 18.7 Å². The predicted octanol–water partition coefficient (Wildman–Crippen LogP) is 2.39. The number of nitrogens with one attached hydrogen (secondary N) is 1. The minimum absolute atomic E-state index is 0.00643. The molecule has 0 aromatic rings. The van der Waals surface area contributed by atoms with Crippen molar-refractivity contribution < 1.29 is 22.8 Å². The van der Waals surface area contributed by atoms with Crippen LogP contribution in [0.5, 0.6) is 0 Å². The minimum atomic E-state index is -4.44. The highest BCUT2D eigenvalue weighted by atomic mass is 19.4. The molecule has 0 radical (unpaired) electrons. The molecule has 7 heteroatoms. The standard InChI is InChI=1S/C12H23F3N2O2/c1-11(2,3)9(6-7-16)4-5-10(18)17-19-8-12(13,14)15/h9H,4-8,16H2,1-3H3,(H,17,18). The number of hydrogen-bond donors (Lipinski definition) is 2.